The number of piperidine rings is 1. The van der Waals surface area contributed by atoms with E-state index < -0.39 is 11.6 Å². The molecule has 0 radical (unpaired) electrons. The van der Waals surface area contributed by atoms with E-state index in [-0.39, 0.29) is 28.4 Å². The Kier molecular flexibility index (Phi) is 3.68. The Morgan fingerprint density at radius 2 is 2.07 bits per heavy atom. The van der Waals surface area contributed by atoms with E-state index in [1.807, 2.05) is 19.4 Å². The van der Waals surface area contributed by atoms with Gasteiger partial charge < -0.3 is 10.6 Å². The molecule has 0 saturated carbocycles. The van der Waals surface area contributed by atoms with Crippen LogP contribution in [0, 0.1) is 11.6 Å². The van der Waals surface area contributed by atoms with Crippen LogP contribution in [0.5, 0.6) is 0 Å². The molecule has 144 valence electrons. The van der Waals surface area contributed by atoms with Gasteiger partial charge in [0.05, 0.1) is 22.8 Å². The number of halogens is 2. The fourth-order valence-corrected chi connectivity index (χ4v) is 3.83. The van der Waals surface area contributed by atoms with E-state index in [0.717, 1.165) is 31.1 Å². The van der Waals surface area contributed by atoms with Crippen LogP contribution in [0.15, 0.2) is 24.5 Å². The molecular formula is C18H18F2N8. The predicted molar refractivity (Wildman–Crippen MR) is 100 cm³/mol. The van der Waals surface area contributed by atoms with Crippen molar-refractivity contribution in [2.24, 2.45) is 7.05 Å². The minimum Gasteiger partial charge on any atom is -0.368 e. The smallest absolute Gasteiger partial charge is 0.223 e. The summed E-state index contributed by atoms with van der Waals surface area (Å²) >= 11 is 0. The Hall–Kier alpha value is -3.30. The first-order chi connectivity index (χ1) is 13.5. The number of rotatable bonds is 2. The third-order valence-corrected chi connectivity index (χ3v) is 5.21. The fraction of sp³-hybridized carbons (Fsp3) is 0.333. The van der Waals surface area contributed by atoms with Gasteiger partial charge >= 0.3 is 0 Å². The summed E-state index contributed by atoms with van der Waals surface area (Å²) in [5, 5.41) is 8.69. The topological polar surface area (TPSA) is 90.2 Å². The zero-order valence-electron chi connectivity index (χ0n) is 15.2. The molecule has 1 fully saturated rings. The maximum absolute atomic E-state index is 14.4. The van der Waals surface area contributed by atoms with E-state index in [2.05, 4.69) is 25.1 Å². The van der Waals surface area contributed by atoms with Crippen LogP contribution in [-0.2, 0) is 7.05 Å². The molecule has 3 aromatic heterocycles. The van der Waals surface area contributed by atoms with E-state index in [1.54, 1.807) is 4.68 Å². The number of nitrogens with two attached hydrogens (primary N) is 1. The molecule has 28 heavy (non-hydrogen) atoms. The van der Waals surface area contributed by atoms with Crippen molar-refractivity contribution in [3.63, 3.8) is 0 Å². The van der Waals surface area contributed by atoms with Crippen molar-refractivity contribution in [2.45, 2.75) is 18.8 Å². The molecule has 0 aliphatic carbocycles. The Morgan fingerprint density at radius 3 is 2.86 bits per heavy atom. The van der Waals surface area contributed by atoms with Gasteiger partial charge in [-0.3, -0.25) is 4.68 Å². The number of anilines is 2. The van der Waals surface area contributed by atoms with Gasteiger partial charge in [-0.15, -0.1) is 5.10 Å². The minimum atomic E-state index is -0.991. The van der Waals surface area contributed by atoms with Crippen molar-refractivity contribution in [2.75, 3.05) is 23.7 Å². The molecule has 0 bridgehead atoms. The number of aromatic nitrogens is 6. The molecule has 4 heterocycles. The van der Waals surface area contributed by atoms with Crippen LogP contribution in [0.1, 0.15) is 24.6 Å². The molecule has 1 atom stereocenters. The lowest BCUT2D eigenvalue weighted by atomic mass is 9.97. The summed E-state index contributed by atoms with van der Waals surface area (Å²) in [6, 6.07) is 2.42. The molecule has 2 N–H and O–H groups in total. The number of aryl methyl sites for hydroxylation is 1. The van der Waals surface area contributed by atoms with Crippen LogP contribution >= 0.6 is 0 Å². The Bertz CT molecular complexity index is 1200. The van der Waals surface area contributed by atoms with Crippen LogP contribution in [0.2, 0.25) is 0 Å². The second-order valence-corrected chi connectivity index (χ2v) is 7.09. The van der Waals surface area contributed by atoms with Gasteiger partial charge in [-0.2, -0.15) is 9.61 Å². The van der Waals surface area contributed by atoms with E-state index in [9.17, 15) is 8.78 Å². The van der Waals surface area contributed by atoms with Crippen LogP contribution < -0.4 is 10.6 Å². The Balaban J connectivity index is 1.58. The Morgan fingerprint density at radius 1 is 1.21 bits per heavy atom. The lowest BCUT2D eigenvalue weighted by Gasteiger charge is -2.32. The van der Waals surface area contributed by atoms with Gasteiger partial charge in [0.15, 0.2) is 23.1 Å². The lowest BCUT2D eigenvalue weighted by Crippen LogP contribution is -2.34. The molecular weight excluding hydrogens is 366 g/mol. The summed E-state index contributed by atoms with van der Waals surface area (Å²) in [4.78, 5) is 10.9. The summed E-state index contributed by atoms with van der Waals surface area (Å²) in [5.41, 5.74) is 7.47. The molecule has 1 aliphatic heterocycles. The molecule has 8 nitrogen and oxygen atoms in total. The van der Waals surface area contributed by atoms with Crippen molar-refractivity contribution in [1.29, 1.82) is 0 Å². The van der Waals surface area contributed by atoms with Gasteiger partial charge in [0.2, 0.25) is 5.95 Å². The number of nitrogen functional groups attached to an aromatic ring is 1. The van der Waals surface area contributed by atoms with Crippen LogP contribution in [0.3, 0.4) is 0 Å². The maximum atomic E-state index is 14.4. The van der Waals surface area contributed by atoms with Gasteiger partial charge in [-0.05, 0) is 25.0 Å². The molecule has 1 aliphatic rings. The van der Waals surface area contributed by atoms with Crippen LogP contribution in [0.4, 0.5) is 20.4 Å². The molecule has 10 heteroatoms. The minimum absolute atomic E-state index is 0.00660. The summed E-state index contributed by atoms with van der Waals surface area (Å²) in [6.45, 7) is 1.63. The van der Waals surface area contributed by atoms with Gasteiger partial charge in [0.1, 0.15) is 0 Å². The molecule has 4 aromatic rings. The second-order valence-electron chi connectivity index (χ2n) is 7.09. The Labute approximate surface area is 158 Å². The van der Waals surface area contributed by atoms with E-state index in [4.69, 9.17) is 5.73 Å². The SMILES string of the molecule is Cn1cc(N2CCC[C@@H](c3nc4c5c(F)c(F)ccc5nc(N)n4n3)C2)cn1. The van der Waals surface area contributed by atoms with Crippen molar-refractivity contribution in [1.82, 2.24) is 29.4 Å². The highest BCUT2D eigenvalue weighted by Gasteiger charge is 2.27. The van der Waals surface area contributed by atoms with Crippen molar-refractivity contribution in [3.8, 4) is 0 Å². The van der Waals surface area contributed by atoms with Crippen LogP contribution in [0.25, 0.3) is 16.6 Å². The average molecular weight is 384 g/mol. The number of nitrogens with zero attached hydrogens (tertiary/aromatic N) is 7. The molecule has 5 rings (SSSR count). The first-order valence-corrected chi connectivity index (χ1v) is 9.04. The summed E-state index contributed by atoms with van der Waals surface area (Å²) < 4.78 is 31.3. The van der Waals surface area contributed by atoms with Gasteiger partial charge in [-0.25, -0.2) is 18.7 Å². The van der Waals surface area contributed by atoms with Crippen molar-refractivity contribution in [3.05, 3.63) is 42.0 Å². The standard InChI is InChI=1S/C18H18F2N8/c1-26-9-11(7-22-26)27-6-2-3-10(8-27)16-24-17-14-13(5-4-12(19)15(14)20)23-18(21)28(17)25-16/h4-5,7,9-10H,2-3,6,8H2,1H3,(H2,21,23)/t10-/m1/s1. The normalized spacial score (nSPS) is 17.7. The summed E-state index contributed by atoms with van der Waals surface area (Å²) in [5.74, 6) is -1.26. The van der Waals surface area contributed by atoms with Gasteiger partial charge in [0.25, 0.3) is 0 Å². The van der Waals surface area contributed by atoms with Gasteiger partial charge in [-0.1, -0.05) is 0 Å². The summed E-state index contributed by atoms with van der Waals surface area (Å²) in [7, 11) is 1.88. The predicted octanol–water partition coefficient (Wildman–Crippen LogP) is 2.26. The van der Waals surface area contributed by atoms with Crippen LogP contribution in [-0.4, -0.2) is 42.5 Å². The summed E-state index contributed by atoms with van der Waals surface area (Å²) in [6.07, 6.45) is 5.66. The third-order valence-electron chi connectivity index (χ3n) is 5.21. The monoisotopic (exact) mass is 384 g/mol. The second kappa shape index (κ2) is 6.11. The van der Waals surface area contributed by atoms with E-state index in [0.29, 0.717) is 12.4 Å². The number of hydrogen-bond acceptors (Lipinski definition) is 6. The molecule has 0 unspecified atom stereocenters. The number of fused-ring (bicyclic) bond motifs is 3. The molecule has 1 saturated heterocycles. The van der Waals surface area contributed by atoms with Gasteiger partial charge in [0, 0.05) is 32.3 Å². The van der Waals surface area contributed by atoms with E-state index in [1.165, 1.54) is 10.6 Å². The maximum Gasteiger partial charge on any atom is 0.223 e. The fourth-order valence-electron chi connectivity index (χ4n) is 3.83. The lowest BCUT2D eigenvalue weighted by molar-refractivity contribution is 0.491. The third kappa shape index (κ3) is 2.55. The molecule has 0 amide bonds. The highest BCUT2D eigenvalue weighted by Crippen LogP contribution is 2.30. The first-order valence-electron chi connectivity index (χ1n) is 9.04. The van der Waals surface area contributed by atoms with Crippen molar-refractivity contribution < 1.29 is 8.78 Å². The average Bonchev–Trinajstić information content (AvgIpc) is 3.32. The molecule has 0 spiro atoms. The van der Waals surface area contributed by atoms with E-state index >= 15 is 0 Å². The molecule has 1 aromatic carbocycles. The zero-order valence-corrected chi connectivity index (χ0v) is 15.2. The largest absolute Gasteiger partial charge is 0.368 e. The number of benzene rings is 1. The highest BCUT2D eigenvalue weighted by molar-refractivity contribution is 5.92. The van der Waals surface area contributed by atoms with Crippen molar-refractivity contribution >= 4 is 28.2 Å². The first kappa shape index (κ1) is 16.8. The quantitative estimate of drug-likeness (QED) is 0.570. The highest BCUT2D eigenvalue weighted by atomic mass is 19.2. The number of hydrogen-bond donors (Lipinski definition) is 1. The zero-order chi connectivity index (χ0) is 19.4.